The Balaban J connectivity index is 2.07. The quantitative estimate of drug-likeness (QED) is 0.588. The molecular weight excluding hydrogens is 404 g/mol. The third-order valence-electron chi connectivity index (χ3n) is 6.89. The number of carbonyl (C=O) groups is 3. The van der Waals surface area contributed by atoms with E-state index in [1.165, 1.54) is 0 Å². The zero-order valence-electron chi connectivity index (χ0n) is 18.9. The predicted molar refractivity (Wildman–Crippen MR) is 116 cm³/mol. The van der Waals surface area contributed by atoms with Gasteiger partial charge in [-0.1, -0.05) is 20.3 Å². The number of carbonyl (C=O) groups excluding carboxylic acids is 3. The van der Waals surface area contributed by atoms with Gasteiger partial charge in [0.25, 0.3) is 0 Å². The summed E-state index contributed by atoms with van der Waals surface area (Å²) in [5.41, 5.74) is -0.451. The van der Waals surface area contributed by atoms with Gasteiger partial charge >= 0.3 is 5.97 Å². The monoisotopic (exact) mass is 440 g/mol. The van der Waals surface area contributed by atoms with Crippen LogP contribution in [0.15, 0.2) is 0 Å². The van der Waals surface area contributed by atoms with Crippen LogP contribution in [-0.4, -0.2) is 68.6 Å². The molecule has 2 unspecified atom stereocenters. The minimum absolute atomic E-state index is 0.00117. The van der Waals surface area contributed by atoms with E-state index in [1.807, 2.05) is 34.6 Å². The molecule has 2 amide bonds. The number of aliphatic hydroxyl groups excluding tert-OH is 1. The van der Waals surface area contributed by atoms with Gasteiger partial charge in [-0.2, -0.15) is 0 Å². The zero-order chi connectivity index (χ0) is 22.4. The van der Waals surface area contributed by atoms with E-state index in [-0.39, 0.29) is 42.2 Å². The number of nitrogens with one attached hydrogen (secondary N) is 1. The van der Waals surface area contributed by atoms with Crippen LogP contribution in [-0.2, 0) is 19.1 Å². The number of amides is 2. The molecule has 2 N–H and O–H groups in total. The Labute approximate surface area is 183 Å². The number of hydrogen-bond donors (Lipinski definition) is 2. The third kappa shape index (κ3) is 3.64. The molecule has 7 atom stereocenters. The van der Waals surface area contributed by atoms with Crippen LogP contribution < -0.4 is 5.32 Å². The summed E-state index contributed by atoms with van der Waals surface area (Å²) < 4.78 is 4.68. The lowest BCUT2D eigenvalue weighted by molar-refractivity contribution is -0.154. The number of thioether (sulfide) groups is 1. The molecule has 0 aromatic heterocycles. The maximum absolute atomic E-state index is 13.8. The highest BCUT2D eigenvalue weighted by atomic mass is 32.2. The minimum atomic E-state index is -0.699. The molecule has 3 rings (SSSR count). The maximum atomic E-state index is 13.8. The number of likely N-dealkylation sites (tertiary alicyclic amines) is 1. The van der Waals surface area contributed by atoms with E-state index in [4.69, 9.17) is 4.74 Å². The Morgan fingerprint density at radius 3 is 2.57 bits per heavy atom. The molecule has 0 radical (unpaired) electrons. The van der Waals surface area contributed by atoms with Gasteiger partial charge in [-0.15, -0.1) is 11.8 Å². The lowest BCUT2D eigenvalue weighted by Crippen LogP contribution is -2.60. The molecule has 8 heteroatoms. The van der Waals surface area contributed by atoms with Crippen molar-refractivity contribution in [2.24, 2.45) is 17.8 Å². The van der Waals surface area contributed by atoms with Gasteiger partial charge in [-0.05, 0) is 46.5 Å². The van der Waals surface area contributed by atoms with Crippen LogP contribution in [0.5, 0.6) is 0 Å². The Morgan fingerprint density at radius 2 is 2.03 bits per heavy atom. The Morgan fingerprint density at radius 1 is 1.37 bits per heavy atom. The third-order valence-corrected chi connectivity index (χ3v) is 8.84. The molecule has 3 fully saturated rings. The van der Waals surface area contributed by atoms with Gasteiger partial charge in [0.1, 0.15) is 6.04 Å². The Bertz CT molecular complexity index is 708. The summed E-state index contributed by atoms with van der Waals surface area (Å²) in [5, 5.41) is 13.3. The molecule has 3 heterocycles. The standard InChI is InChI=1S/C22H36N2O5S/c1-7-12(3)13(11-25)24-17(18(26)23-21(4,5)6)22-10-9-14(30-22)15(16(22)19(24)27)20(28)29-8-2/h12-17,25H,7-11H2,1-6H3,(H,23,26)/t12-,13-,14+,15-,16-,17?,22?/m0/s1. The van der Waals surface area contributed by atoms with Crippen LogP contribution in [0.1, 0.15) is 60.8 Å². The molecule has 0 aromatic carbocycles. The van der Waals surface area contributed by atoms with Crippen molar-refractivity contribution in [3.63, 3.8) is 0 Å². The first-order chi connectivity index (χ1) is 14.0. The second-order valence-electron chi connectivity index (χ2n) is 9.93. The summed E-state index contributed by atoms with van der Waals surface area (Å²) in [5.74, 6) is -1.79. The number of fused-ring (bicyclic) bond motifs is 1. The van der Waals surface area contributed by atoms with Crippen molar-refractivity contribution in [2.45, 2.75) is 88.4 Å². The van der Waals surface area contributed by atoms with E-state index < -0.39 is 34.2 Å². The van der Waals surface area contributed by atoms with Crippen molar-refractivity contribution in [1.82, 2.24) is 10.2 Å². The molecule has 3 saturated heterocycles. The Hall–Kier alpha value is -1.28. The fourth-order valence-corrected chi connectivity index (χ4v) is 7.70. The first-order valence-corrected chi connectivity index (χ1v) is 12.0. The van der Waals surface area contributed by atoms with Crippen molar-refractivity contribution in [1.29, 1.82) is 0 Å². The number of rotatable bonds is 7. The molecule has 0 aliphatic carbocycles. The van der Waals surface area contributed by atoms with Gasteiger partial charge in [0.2, 0.25) is 11.8 Å². The second-order valence-corrected chi connectivity index (χ2v) is 11.5. The number of nitrogens with zero attached hydrogens (tertiary/aromatic N) is 1. The number of ether oxygens (including phenoxy) is 1. The van der Waals surface area contributed by atoms with Crippen molar-refractivity contribution < 1.29 is 24.2 Å². The van der Waals surface area contributed by atoms with Gasteiger partial charge in [0.05, 0.1) is 35.8 Å². The van der Waals surface area contributed by atoms with Crippen molar-refractivity contribution in [3.05, 3.63) is 0 Å². The highest BCUT2D eigenvalue weighted by Gasteiger charge is 2.74. The molecule has 170 valence electrons. The van der Waals surface area contributed by atoms with Gasteiger partial charge in [-0.3, -0.25) is 14.4 Å². The van der Waals surface area contributed by atoms with Crippen LogP contribution in [0.2, 0.25) is 0 Å². The van der Waals surface area contributed by atoms with Crippen molar-refractivity contribution >= 4 is 29.5 Å². The molecular formula is C22H36N2O5S. The molecule has 1 spiro atoms. The lowest BCUT2D eigenvalue weighted by Gasteiger charge is -2.40. The smallest absolute Gasteiger partial charge is 0.310 e. The topological polar surface area (TPSA) is 95.9 Å². The summed E-state index contributed by atoms with van der Waals surface area (Å²) in [4.78, 5) is 41.8. The second kappa shape index (κ2) is 8.34. The number of esters is 1. The van der Waals surface area contributed by atoms with Gasteiger partial charge in [0.15, 0.2) is 0 Å². The molecule has 2 bridgehead atoms. The first kappa shape index (κ1) is 23.4. The van der Waals surface area contributed by atoms with E-state index in [9.17, 15) is 19.5 Å². The predicted octanol–water partition coefficient (Wildman–Crippen LogP) is 1.96. The van der Waals surface area contributed by atoms with E-state index in [1.54, 1.807) is 23.6 Å². The fourth-order valence-electron chi connectivity index (χ4n) is 5.51. The molecule has 3 aliphatic rings. The van der Waals surface area contributed by atoms with Gasteiger partial charge in [0, 0.05) is 10.8 Å². The zero-order valence-corrected chi connectivity index (χ0v) is 19.8. The average molecular weight is 441 g/mol. The SMILES string of the molecule is CCOC(=O)[C@@H]1[C@H]2C(=O)N([C@@H](CO)[C@@H](C)CC)C(C(=O)NC(C)(C)C)C23CC[C@H]1S3. The molecule has 0 saturated carbocycles. The van der Waals surface area contributed by atoms with E-state index in [0.29, 0.717) is 6.42 Å². The largest absolute Gasteiger partial charge is 0.466 e. The van der Waals surface area contributed by atoms with Crippen LogP contribution in [0.3, 0.4) is 0 Å². The van der Waals surface area contributed by atoms with Crippen LogP contribution in [0.4, 0.5) is 0 Å². The van der Waals surface area contributed by atoms with Gasteiger partial charge < -0.3 is 20.1 Å². The summed E-state index contributed by atoms with van der Waals surface area (Å²) in [6.45, 7) is 11.6. The van der Waals surface area contributed by atoms with Gasteiger partial charge in [-0.25, -0.2) is 0 Å². The lowest BCUT2D eigenvalue weighted by atomic mass is 9.71. The number of hydrogen-bond acceptors (Lipinski definition) is 6. The summed E-state index contributed by atoms with van der Waals surface area (Å²) in [6.07, 6.45) is 2.28. The van der Waals surface area contributed by atoms with E-state index >= 15 is 0 Å². The minimum Gasteiger partial charge on any atom is -0.466 e. The van der Waals surface area contributed by atoms with Crippen LogP contribution >= 0.6 is 11.8 Å². The molecule has 3 aliphatic heterocycles. The highest BCUT2D eigenvalue weighted by molar-refractivity contribution is 8.02. The molecule has 7 nitrogen and oxygen atoms in total. The van der Waals surface area contributed by atoms with E-state index in [2.05, 4.69) is 5.32 Å². The van der Waals surface area contributed by atoms with E-state index in [0.717, 1.165) is 12.8 Å². The molecule has 30 heavy (non-hydrogen) atoms. The maximum Gasteiger partial charge on any atom is 0.310 e. The summed E-state index contributed by atoms with van der Waals surface area (Å²) >= 11 is 1.62. The first-order valence-electron chi connectivity index (χ1n) is 11.1. The Kier molecular flexibility index (Phi) is 6.50. The number of aliphatic hydroxyl groups is 1. The van der Waals surface area contributed by atoms with Crippen molar-refractivity contribution in [3.8, 4) is 0 Å². The highest BCUT2D eigenvalue weighted by Crippen LogP contribution is 2.66. The summed E-state index contributed by atoms with van der Waals surface area (Å²) in [6, 6.07) is -1.16. The average Bonchev–Trinajstić information content (AvgIpc) is 3.29. The van der Waals surface area contributed by atoms with Crippen LogP contribution in [0.25, 0.3) is 0 Å². The normalized spacial score (nSPS) is 34.6. The summed E-state index contributed by atoms with van der Waals surface area (Å²) in [7, 11) is 0. The van der Waals surface area contributed by atoms with Crippen LogP contribution in [0, 0.1) is 17.8 Å². The van der Waals surface area contributed by atoms with Crippen molar-refractivity contribution in [2.75, 3.05) is 13.2 Å². The fraction of sp³-hybridized carbons (Fsp3) is 0.864. The molecule has 0 aromatic rings.